The maximum absolute atomic E-state index is 12.6. The van der Waals surface area contributed by atoms with Gasteiger partial charge in [-0.2, -0.15) is 0 Å². The van der Waals surface area contributed by atoms with Crippen molar-refractivity contribution >= 4 is 58.3 Å². The van der Waals surface area contributed by atoms with Crippen molar-refractivity contribution in [3.05, 3.63) is 58.2 Å². The average molecular weight is 493 g/mol. The number of phenolic OH excluding ortho intramolecular Hbond substituents is 1. The van der Waals surface area contributed by atoms with Crippen molar-refractivity contribution in [3.63, 3.8) is 0 Å². The summed E-state index contributed by atoms with van der Waals surface area (Å²) in [5.74, 6) is 0.0664. The number of nitrogens with zero attached hydrogens (tertiary/aromatic N) is 1. The Bertz CT molecular complexity index is 1390. The molecule has 0 saturated carbocycles. The highest BCUT2D eigenvalue weighted by Crippen LogP contribution is 2.40. The van der Waals surface area contributed by atoms with Crippen molar-refractivity contribution < 1.29 is 13.5 Å². The molecule has 0 unspecified atom stereocenters. The number of hydrogen-bond acceptors (Lipinski definition) is 5. The lowest BCUT2D eigenvalue weighted by molar-refractivity contribution is 0.478. The molecule has 0 saturated heterocycles. The van der Waals surface area contributed by atoms with Crippen LogP contribution < -0.4 is 10.3 Å². The summed E-state index contributed by atoms with van der Waals surface area (Å²) in [7, 11) is -1.89. The van der Waals surface area contributed by atoms with E-state index in [1.165, 1.54) is 23.5 Å². The van der Waals surface area contributed by atoms with Crippen LogP contribution in [0.25, 0.3) is 32.1 Å². The number of thiophene rings is 1. The number of sulfonamides is 1. The number of aryl methyl sites for hydroxylation is 1. The van der Waals surface area contributed by atoms with Crippen molar-refractivity contribution in [2.45, 2.75) is 4.90 Å². The fourth-order valence-corrected chi connectivity index (χ4v) is 5.78. The van der Waals surface area contributed by atoms with Gasteiger partial charge in [0, 0.05) is 35.3 Å². The van der Waals surface area contributed by atoms with E-state index in [9.17, 15) is 18.3 Å². The first-order valence-electron chi connectivity index (χ1n) is 8.73. The Morgan fingerprint density at radius 2 is 1.86 bits per heavy atom. The molecular weight excluding hydrogens is 476 g/mol. The molecule has 2 aromatic carbocycles. The predicted molar refractivity (Wildman–Crippen MR) is 121 cm³/mol. The molecule has 0 spiro atoms. The first-order chi connectivity index (χ1) is 13.8. The Balaban J connectivity index is 1.95. The minimum atomic E-state index is -3.60. The summed E-state index contributed by atoms with van der Waals surface area (Å²) in [4.78, 5) is 12.8. The van der Waals surface area contributed by atoms with Crippen molar-refractivity contribution in [1.29, 1.82) is 0 Å². The Morgan fingerprint density at radius 1 is 1.14 bits per heavy atom. The third-order valence-corrected chi connectivity index (χ3v) is 7.57. The Hall–Kier alpha value is -2.20. The first-order valence-corrected chi connectivity index (χ1v) is 12.2. The van der Waals surface area contributed by atoms with Gasteiger partial charge in [-0.1, -0.05) is 28.1 Å². The molecule has 0 fully saturated rings. The van der Waals surface area contributed by atoms with Gasteiger partial charge in [-0.3, -0.25) is 4.79 Å². The van der Waals surface area contributed by atoms with Crippen LogP contribution in [0.3, 0.4) is 0 Å². The van der Waals surface area contributed by atoms with Crippen LogP contribution in [-0.4, -0.2) is 30.0 Å². The van der Waals surface area contributed by atoms with Gasteiger partial charge in [0.15, 0.2) is 0 Å². The number of aromatic nitrogens is 1. The predicted octanol–water partition coefficient (Wildman–Crippen LogP) is 3.80. The second kappa shape index (κ2) is 7.56. The van der Waals surface area contributed by atoms with Crippen molar-refractivity contribution in [3.8, 4) is 16.9 Å². The SMILES string of the molecule is Cn1c(=O)c2sccc2c2c(-c3ccc(S(=O)(=O)NCCBr)cc3)c(O)ccc21. The molecule has 0 aliphatic carbocycles. The standard InChI is InChI=1S/C20H17BrN2O4S2/c1-23-15-6-7-16(24)17(18(15)14-8-11-28-19(14)20(23)25)12-2-4-13(5-3-12)29(26,27)22-10-9-21/h2-8,11,22,24H,9-10H2,1H3. The fourth-order valence-electron chi connectivity index (χ4n) is 3.42. The smallest absolute Gasteiger partial charge is 0.268 e. The molecule has 0 radical (unpaired) electrons. The van der Waals surface area contributed by atoms with E-state index in [0.717, 1.165) is 10.8 Å². The molecule has 4 aromatic rings. The lowest BCUT2D eigenvalue weighted by Crippen LogP contribution is -2.25. The molecule has 2 aromatic heterocycles. The molecule has 29 heavy (non-hydrogen) atoms. The zero-order chi connectivity index (χ0) is 20.8. The van der Waals surface area contributed by atoms with E-state index in [1.807, 2.05) is 11.4 Å². The Morgan fingerprint density at radius 3 is 2.55 bits per heavy atom. The molecule has 4 rings (SSSR count). The van der Waals surface area contributed by atoms with E-state index in [1.54, 1.807) is 35.9 Å². The Labute approximate surface area is 179 Å². The number of benzene rings is 2. The van der Waals surface area contributed by atoms with Crippen LogP contribution in [-0.2, 0) is 17.1 Å². The number of pyridine rings is 1. The van der Waals surface area contributed by atoms with Crippen molar-refractivity contribution in [2.24, 2.45) is 7.05 Å². The number of hydrogen-bond donors (Lipinski definition) is 2. The van der Waals surface area contributed by atoms with E-state index >= 15 is 0 Å². The summed E-state index contributed by atoms with van der Waals surface area (Å²) < 4.78 is 29.3. The van der Waals surface area contributed by atoms with Gasteiger partial charge in [0.1, 0.15) is 10.4 Å². The second-order valence-corrected chi connectivity index (χ2v) is 9.97. The highest BCUT2D eigenvalue weighted by atomic mass is 79.9. The molecule has 9 heteroatoms. The van der Waals surface area contributed by atoms with Crippen molar-refractivity contribution in [1.82, 2.24) is 9.29 Å². The fraction of sp³-hybridized carbons (Fsp3) is 0.150. The molecule has 150 valence electrons. The van der Waals surface area contributed by atoms with Gasteiger partial charge in [0.05, 0.1) is 10.4 Å². The Kier molecular flexibility index (Phi) is 5.24. The van der Waals surface area contributed by atoms with Gasteiger partial charge < -0.3 is 9.67 Å². The largest absolute Gasteiger partial charge is 0.507 e. The number of nitrogens with one attached hydrogen (secondary N) is 1. The molecular formula is C20H17BrN2O4S2. The van der Waals surface area contributed by atoms with Crippen LogP contribution in [0.4, 0.5) is 0 Å². The molecule has 6 nitrogen and oxygen atoms in total. The summed E-state index contributed by atoms with van der Waals surface area (Å²) >= 11 is 4.56. The van der Waals surface area contributed by atoms with E-state index < -0.39 is 10.0 Å². The number of aromatic hydroxyl groups is 1. The minimum absolute atomic E-state index is 0.0664. The molecule has 0 atom stereocenters. The van der Waals surface area contributed by atoms with Crippen LogP contribution in [0.15, 0.2) is 57.5 Å². The summed E-state index contributed by atoms with van der Waals surface area (Å²) in [6.45, 7) is 0.290. The maximum atomic E-state index is 12.6. The van der Waals surface area contributed by atoms with E-state index in [2.05, 4.69) is 20.7 Å². The van der Waals surface area contributed by atoms with E-state index in [-0.39, 0.29) is 16.2 Å². The monoisotopic (exact) mass is 492 g/mol. The van der Waals surface area contributed by atoms with Gasteiger partial charge in [-0.15, -0.1) is 11.3 Å². The molecule has 0 aliphatic rings. The molecule has 0 bridgehead atoms. The highest BCUT2D eigenvalue weighted by Gasteiger charge is 2.18. The summed E-state index contributed by atoms with van der Waals surface area (Å²) in [5.41, 5.74) is 1.85. The quantitative estimate of drug-likeness (QED) is 0.414. The number of fused-ring (bicyclic) bond motifs is 3. The maximum Gasteiger partial charge on any atom is 0.268 e. The number of rotatable bonds is 5. The highest BCUT2D eigenvalue weighted by molar-refractivity contribution is 9.09. The van der Waals surface area contributed by atoms with Crippen LogP contribution in [0.5, 0.6) is 5.75 Å². The van der Waals surface area contributed by atoms with E-state index in [0.29, 0.717) is 33.2 Å². The van der Waals surface area contributed by atoms with E-state index in [4.69, 9.17) is 0 Å². The van der Waals surface area contributed by atoms with Crippen LogP contribution >= 0.6 is 27.3 Å². The molecule has 2 N–H and O–H groups in total. The molecule has 0 aliphatic heterocycles. The number of phenols is 1. The van der Waals surface area contributed by atoms with Crippen LogP contribution in [0.1, 0.15) is 0 Å². The van der Waals surface area contributed by atoms with Crippen LogP contribution in [0, 0.1) is 0 Å². The third-order valence-electron chi connectivity index (χ3n) is 4.80. The normalized spacial score (nSPS) is 12.1. The van der Waals surface area contributed by atoms with Crippen molar-refractivity contribution in [2.75, 3.05) is 11.9 Å². The van der Waals surface area contributed by atoms with Gasteiger partial charge in [-0.05, 0) is 41.3 Å². The zero-order valence-corrected chi connectivity index (χ0v) is 18.6. The van der Waals surface area contributed by atoms with Crippen LogP contribution in [0.2, 0.25) is 0 Å². The molecule has 2 heterocycles. The summed E-state index contributed by atoms with van der Waals surface area (Å²) in [5, 5.41) is 14.5. The topological polar surface area (TPSA) is 88.4 Å². The van der Waals surface area contributed by atoms with Gasteiger partial charge in [-0.25, -0.2) is 13.1 Å². The second-order valence-electron chi connectivity index (χ2n) is 6.49. The lowest BCUT2D eigenvalue weighted by atomic mass is 9.97. The number of alkyl halides is 1. The average Bonchev–Trinajstić information content (AvgIpc) is 3.20. The first kappa shape index (κ1) is 20.1. The van der Waals surface area contributed by atoms with Gasteiger partial charge in [0.25, 0.3) is 5.56 Å². The lowest BCUT2D eigenvalue weighted by Gasteiger charge is -2.14. The summed E-state index contributed by atoms with van der Waals surface area (Å²) in [6, 6.07) is 11.5. The third kappa shape index (κ3) is 3.38. The van der Waals surface area contributed by atoms with Gasteiger partial charge in [0.2, 0.25) is 10.0 Å². The van der Waals surface area contributed by atoms with Gasteiger partial charge >= 0.3 is 0 Å². The minimum Gasteiger partial charge on any atom is -0.507 e. The molecule has 0 amide bonds. The zero-order valence-electron chi connectivity index (χ0n) is 15.3. The number of halogens is 1. The summed E-state index contributed by atoms with van der Waals surface area (Å²) in [6.07, 6.45) is 0.